The van der Waals surface area contributed by atoms with E-state index in [9.17, 15) is 28.8 Å². The first-order valence-corrected chi connectivity index (χ1v) is 30.5. The standard InChI is InChI=1S/C48H86N4O15Si2/c1-13-39(53)61-23-25-65-43(57)51-37-29-45(3,4)33-47(7,31-37)35-49-41(55)63-21-19-59-17-15-27-68(9,10)67-69(11,12)28-16-18-60-20-22-64-42(56)50-36-48(8)32-38(30-46(5,6)34-48)52-44(58)66-26-24-62-40(54)14-2/h13-14,37-38H,1-2,15-36H2,3-12H3,(H,49,55)(H,50,56)(H,51,57)(H,52,58). The van der Waals surface area contributed by atoms with E-state index in [1.807, 2.05) is 0 Å². The van der Waals surface area contributed by atoms with E-state index in [0.29, 0.717) is 39.1 Å². The van der Waals surface area contributed by atoms with Crippen molar-refractivity contribution < 1.29 is 70.8 Å². The molecule has 21 heteroatoms. The third kappa shape index (κ3) is 27.7. The lowest BCUT2D eigenvalue weighted by atomic mass is 9.62. The van der Waals surface area contributed by atoms with Crippen molar-refractivity contribution in [2.24, 2.45) is 21.7 Å². The Balaban J connectivity index is 1.56. The molecule has 2 rings (SSSR count). The van der Waals surface area contributed by atoms with Crippen LogP contribution in [0, 0.1) is 21.7 Å². The van der Waals surface area contributed by atoms with E-state index in [4.69, 9.17) is 42.0 Å². The van der Waals surface area contributed by atoms with Crippen LogP contribution < -0.4 is 21.3 Å². The van der Waals surface area contributed by atoms with E-state index in [-0.39, 0.29) is 86.6 Å². The van der Waals surface area contributed by atoms with Crippen molar-refractivity contribution in [1.82, 2.24) is 21.3 Å². The maximum atomic E-state index is 12.6. The van der Waals surface area contributed by atoms with Crippen LogP contribution in [-0.4, -0.2) is 144 Å². The first-order valence-electron chi connectivity index (χ1n) is 24.3. The Bertz CT molecular complexity index is 1560. The smallest absolute Gasteiger partial charge is 0.407 e. The second kappa shape index (κ2) is 29.2. The van der Waals surface area contributed by atoms with Gasteiger partial charge in [0, 0.05) is 50.5 Å². The van der Waals surface area contributed by atoms with Crippen LogP contribution in [0.25, 0.3) is 0 Å². The molecule has 0 bridgehead atoms. The molecule has 2 aliphatic rings. The monoisotopic (exact) mass is 1010 g/mol. The zero-order valence-corrected chi connectivity index (χ0v) is 45.4. The molecule has 4 unspecified atom stereocenters. The molecule has 4 amide bonds. The molecule has 0 aliphatic heterocycles. The summed E-state index contributed by atoms with van der Waals surface area (Å²) in [6.45, 7) is 30.7. The Hall–Kier alpha value is -4.19. The third-order valence-corrected chi connectivity index (χ3v) is 19.5. The van der Waals surface area contributed by atoms with Crippen molar-refractivity contribution >= 4 is 52.9 Å². The highest BCUT2D eigenvalue weighted by Crippen LogP contribution is 2.47. The molecule has 19 nitrogen and oxygen atoms in total. The molecule has 4 atom stereocenters. The molecule has 4 N–H and O–H groups in total. The summed E-state index contributed by atoms with van der Waals surface area (Å²) >= 11 is 0. The summed E-state index contributed by atoms with van der Waals surface area (Å²) in [5.41, 5.74) is -0.740. The van der Waals surface area contributed by atoms with Crippen LogP contribution in [0.2, 0.25) is 38.3 Å². The molecule has 0 aromatic rings. The predicted octanol–water partition coefficient (Wildman–Crippen LogP) is 7.76. The maximum absolute atomic E-state index is 12.6. The van der Waals surface area contributed by atoms with Gasteiger partial charge in [0.2, 0.25) is 0 Å². The van der Waals surface area contributed by atoms with Crippen molar-refractivity contribution in [3.8, 4) is 0 Å². The molecule has 0 saturated heterocycles. The van der Waals surface area contributed by atoms with Crippen LogP contribution >= 0.6 is 0 Å². The van der Waals surface area contributed by atoms with Crippen LogP contribution in [0.1, 0.15) is 92.9 Å². The van der Waals surface area contributed by atoms with Gasteiger partial charge in [0.25, 0.3) is 0 Å². The van der Waals surface area contributed by atoms with Crippen molar-refractivity contribution in [2.75, 3.05) is 79.2 Å². The van der Waals surface area contributed by atoms with Crippen molar-refractivity contribution in [3.05, 3.63) is 25.3 Å². The summed E-state index contributed by atoms with van der Waals surface area (Å²) in [5.74, 6) is -1.16. The minimum Gasteiger partial charge on any atom is -0.459 e. The highest BCUT2D eigenvalue weighted by Gasteiger charge is 2.43. The quantitative estimate of drug-likeness (QED) is 0.0177. The SMILES string of the molecule is C=CC(=O)OCCOC(=O)NC1CC(C)(C)CC(C)(CNC(=O)OCCOCCC[Si](C)(C)O[Si](C)(C)CCCOCCOC(=O)NCC2(C)CC(NC(=O)OCCOC(=O)C=C)CC(C)(C)C2)C1. The van der Waals surface area contributed by atoms with Crippen LogP contribution in [0.4, 0.5) is 19.2 Å². The molecule has 2 fully saturated rings. The van der Waals surface area contributed by atoms with E-state index in [2.05, 4.69) is 102 Å². The second-order valence-electron chi connectivity index (χ2n) is 21.8. The molecule has 0 radical (unpaired) electrons. The number of nitrogens with one attached hydrogen (secondary N) is 4. The second-order valence-corrected chi connectivity index (χ2v) is 30.7. The van der Waals surface area contributed by atoms with Crippen LogP contribution in [0.3, 0.4) is 0 Å². The number of amides is 4. The Morgan fingerprint density at radius 1 is 0.493 bits per heavy atom. The summed E-state index contributed by atoms with van der Waals surface area (Å²) in [7, 11) is -3.91. The number of alkyl carbamates (subject to hydrolysis) is 4. The molecule has 2 saturated carbocycles. The lowest BCUT2D eigenvalue weighted by Gasteiger charge is -2.46. The van der Waals surface area contributed by atoms with Gasteiger partial charge in [-0.3, -0.25) is 0 Å². The average Bonchev–Trinajstić information content (AvgIpc) is 3.22. The van der Waals surface area contributed by atoms with Crippen LogP contribution in [0.15, 0.2) is 25.3 Å². The number of carbonyl (C=O) groups is 6. The summed E-state index contributed by atoms with van der Waals surface area (Å²) < 4.78 is 49.1. The largest absolute Gasteiger partial charge is 0.459 e. The fourth-order valence-corrected chi connectivity index (χ4v) is 18.9. The zero-order chi connectivity index (χ0) is 51.8. The highest BCUT2D eigenvalue weighted by molar-refractivity contribution is 6.84. The average molecular weight is 1020 g/mol. The minimum atomic E-state index is -1.96. The molecule has 2 aliphatic carbocycles. The number of hydrogen-bond donors (Lipinski definition) is 4. The van der Waals surface area contributed by atoms with Gasteiger partial charge in [0.15, 0.2) is 16.6 Å². The Morgan fingerprint density at radius 3 is 1.19 bits per heavy atom. The van der Waals surface area contributed by atoms with Gasteiger partial charge in [-0.25, -0.2) is 28.8 Å². The van der Waals surface area contributed by atoms with E-state index in [0.717, 1.165) is 62.8 Å². The van der Waals surface area contributed by atoms with E-state index in [1.165, 1.54) is 0 Å². The number of hydrogen-bond acceptors (Lipinski definition) is 15. The first kappa shape index (κ1) is 60.9. The Kier molecular flexibility index (Phi) is 25.8. The predicted molar refractivity (Wildman–Crippen MR) is 266 cm³/mol. The topological polar surface area (TPSA) is 234 Å². The molecule has 69 heavy (non-hydrogen) atoms. The molecule has 0 spiro atoms. The van der Waals surface area contributed by atoms with E-state index in [1.54, 1.807) is 0 Å². The van der Waals surface area contributed by atoms with E-state index >= 15 is 0 Å². The van der Waals surface area contributed by atoms with Gasteiger partial charge in [-0.1, -0.05) is 54.7 Å². The third-order valence-electron chi connectivity index (χ3n) is 11.9. The van der Waals surface area contributed by atoms with Gasteiger partial charge >= 0.3 is 36.3 Å². The molecule has 0 heterocycles. The number of ether oxygens (including phenoxy) is 8. The van der Waals surface area contributed by atoms with Gasteiger partial charge in [-0.05, 0) is 111 Å². The van der Waals surface area contributed by atoms with Crippen LogP contribution in [-0.2, 0) is 51.6 Å². The lowest BCUT2D eigenvalue weighted by molar-refractivity contribution is -0.139. The van der Waals surface area contributed by atoms with Gasteiger partial charge in [-0.2, -0.15) is 0 Å². The van der Waals surface area contributed by atoms with Gasteiger partial charge in [0.1, 0.15) is 39.6 Å². The number of rotatable bonds is 30. The number of carbonyl (C=O) groups excluding carboxylic acids is 6. The van der Waals surface area contributed by atoms with Crippen molar-refractivity contribution in [1.29, 1.82) is 0 Å². The Labute approximate surface area is 413 Å². The minimum absolute atomic E-state index is 0.0559. The molecule has 0 aromatic carbocycles. The molecule has 396 valence electrons. The lowest BCUT2D eigenvalue weighted by Crippen LogP contribution is -2.50. The van der Waals surface area contributed by atoms with Gasteiger partial charge in [-0.15, -0.1) is 0 Å². The van der Waals surface area contributed by atoms with E-state index < -0.39 is 52.9 Å². The van der Waals surface area contributed by atoms with Gasteiger partial charge < -0.3 is 63.3 Å². The van der Waals surface area contributed by atoms with Crippen molar-refractivity contribution in [2.45, 2.75) is 143 Å². The summed E-state index contributed by atoms with van der Waals surface area (Å²) in [4.78, 5) is 72.3. The molecule has 0 aromatic heterocycles. The zero-order valence-electron chi connectivity index (χ0n) is 43.4. The molecular formula is C48H86N4O15Si2. The summed E-state index contributed by atoms with van der Waals surface area (Å²) in [6, 6.07) is 1.57. The fraction of sp³-hybridized carbons (Fsp3) is 0.792. The summed E-state index contributed by atoms with van der Waals surface area (Å²) in [6.07, 6.45) is 6.08. The van der Waals surface area contributed by atoms with Crippen molar-refractivity contribution in [3.63, 3.8) is 0 Å². The maximum Gasteiger partial charge on any atom is 0.407 e. The number of esters is 2. The highest BCUT2D eigenvalue weighted by atomic mass is 28.4. The van der Waals surface area contributed by atoms with Gasteiger partial charge in [0.05, 0.1) is 13.2 Å². The fourth-order valence-electron chi connectivity index (χ4n) is 10.1. The Morgan fingerprint density at radius 2 is 0.826 bits per heavy atom. The molecular weight excluding hydrogens is 929 g/mol. The normalized spacial score (nSPS) is 21.9. The summed E-state index contributed by atoms with van der Waals surface area (Å²) in [5, 5.41) is 11.6. The first-order chi connectivity index (χ1) is 32.2. The van der Waals surface area contributed by atoms with Crippen LogP contribution in [0.5, 0.6) is 0 Å².